The monoisotopic (exact) mass is 371 g/mol. The van der Waals surface area contributed by atoms with Gasteiger partial charge in [0, 0.05) is 45.0 Å². The summed E-state index contributed by atoms with van der Waals surface area (Å²) in [4.78, 5) is 30.3. The molecule has 1 aliphatic heterocycles. The molecule has 2 aromatic rings. The number of amides is 1. The van der Waals surface area contributed by atoms with Crippen molar-refractivity contribution in [3.8, 4) is 0 Å². The largest absolute Gasteiger partial charge is 0.347 e. The molecule has 4 rings (SSSR count). The van der Waals surface area contributed by atoms with Gasteiger partial charge in [-0.3, -0.25) is 4.79 Å². The van der Waals surface area contributed by atoms with Crippen LogP contribution >= 0.6 is 11.6 Å². The number of carbonyl (C=O) groups excluding carboxylic acids is 1. The fraction of sp³-hybridized carbons (Fsp3) is 0.474. The Kier molecular flexibility index (Phi) is 4.31. The van der Waals surface area contributed by atoms with E-state index < -0.39 is 0 Å². The van der Waals surface area contributed by atoms with Crippen molar-refractivity contribution >= 4 is 23.5 Å². The van der Waals surface area contributed by atoms with Gasteiger partial charge in [0.25, 0.3) is 5.91 Å². The number of hydrogen-bond donors (Lipinski definition) is 0. The summed E-state index contributed by atoms with van der Waals surface area (Å²) in [5, 5.41) is 0.536. The van der Waals surface area contributed by atoms with E-state index in [-0.39, 0.29) is 11.3 Å². The molecule has 1 atom stereocenters. The van der Waals surface area contributed by atoms with Gasteiger partial charge in [0.2, 0.25) is 5.95 Å². The summed E-state index contributed by atoms with van der Waals surface area (Å²) in [5.74, 6) is 0.698. The maximum Gasteiger partial charge on any atom is 0.272 e. The lowest BCUT2D eigenvalue weighted by Crippen LogP contribution is -2.48. The van der Waals surface area contributed by atoms with Crippen LogP contribution in [0.15, 0.2) is 24.5 Å². The molecule has 6 nitrogen and oxygen atoms in total. The molecule has 1 unspecified atom stereocenters. The first-order valence-corrected chi connectivity index (χ1v) is 9.31. The smallest absolute Gasteiger partial charge is 0.272 e. The summed E-state index contributed by atoms with van der Waals surface area (Å²) >= 11 is 5.89. The van der Waals surface area contributed by atoms with Gasteiger partial charge in [0.1, 0.15) is 5.69 Å². The van der Waals surface area contributed by atoms with Gasteiger partial charge in [-0.05, 0) is 43.4 Å². The van der Waals surface area contributed by atoms with E-state index in [0.29, 0.717) is 17.3 Å². The van der Waals surface area contributed by atoms with Crippen LogP contribution in [0.2, 0.25) is 5.02 Å². The van der Waals surface area contributed by atoms with Crippen LogP contribution in [0.25, 0.3) is 0 Å². The Labute approximate surface area is 158 Å². The highest BCUT2D eigenvalue weighted by Crippen LogP contribution is 2.44. The molecule has 1 spiro atoms. The van der Waals surface area contributed by atoms with E-state index in [0.717, 1.165) is 43.9 Å². The number of likely N-dealkylation sites (tertiary alicyclic amines) is 1. The zero-order chi connectivity index (χ0) is 18.3. The van der Waals surface area contributed by atoms with Crippen LogP contribution in [0, 0.1) is 0 Å². The van der Waals surface area contributed by atoms with Crippen LogP contribution in [0.1, 0.15) is 41.0 Å². The average Bonchev–Trinajstić information content (AvgIpc) is 2.99. The second-order valence-corrected chi connectivity index (χ2v) is 7.85. The number of hydrogen-bond acceptors (Lipinski definition) is 5. The van der Waals surface area contributed by atoms with Crippen LogP contribution in [0.4, 0.5) is 5.95 Å². The van der Waals surface area contributed by atoms with Gasteiger partial charge in [0.05, 0.1) is 10.7 Å². The third-order valence-electron chi connectivity index (χ3n) is 5.44. The number of anilines is 1. The van der Waals surface area contributed by atoms with Crippen molar-refractivity contribution in [3.63, 3.8) is 0 Å². The fourth-order valence-electron chi connectivity index (χ4n) is 4.11. The summed E-state index contributed by atoms with van der Waals surface area (Å²) < 4.78 is 0. The van der Waals surface area contributed by atoms with Gasteiger partial charge in [-0.15, -0.1) is 0 Å². The fourth-order valence-corrected chi connectivity index (χ4v) is 4.23. The van der Waals surface area contributed by atoms with E-state index in [1.54, 1.807) is 12.1 Å². The van der Waals surface area contributed by atoms with E-state index in [1.165, 1.54) is 11.8 Å². The SMILES string of the molecule is CN(C)c1ncc2c(n1)C1(CCCN(C(=O)c3ccc(Cl)cn3)C1)CC2. The van der Waals surface area contributed by atoms with Crippen molar-refractivity contribution in [1.82, 2.24) is 19.9 Å². The molecule has 2 aromatic heterocycles. The van der Waals surface area contributed by atoms with Crippen LogP contribution in [0.3, 0.4) is 0 Å². The summed E-state index contributed by atoms with van der Waals surface area (Å²) in [7, 11) is 3.90. The predicted octanol–water partition coefficient (Wildman–Crippen LogP) is 2.71. The Morgan fingerprint density at radius 3 is 2.81 bits per heavy atom. The first kappa shape index (κ1) is 17.2. The predicted molar refractivity (Wildman–Crippen MR) is 101 cm³/mol. The Morgan fingerprint density at radius 1 is 1.23 bits per heavy atom. The molecule has 0 aromatic carbocycles. The van der Waals surface area contributed by atoms with Gasteiger partial charge >= 0.3 is 0 Å². The van der Waals surface area contributed by atoms with E-state index in [1.807, 2.05) is 30.1 Å². The molecule has 136 valence electrons. The Balaban J connectivity index is 1.63. The van der Waals surface area contributed by atoms with Crippen molar-refractivity contribution in [3.05, 3.63) is 46.5 Å². The number of fused-ring (bicyclic) bond motifs is 2. The minimum atomic E-state index is -0.0661. The first-order chi connectivity index (χ1) is 12.5. The third-order valence-corrected chi connectivity index (χ3v) is 5.66. The molecule has 0 radical (unpaired) electrons. The average molecular weight is 372 g/mol. The second-order valence-electron chi connectivity index (χ2n) is 7.41. The highest BCUT2D eigenvalue weighted by Gasteiger charge is 2.45. The van der Waals surface area contributed by atoms with Crippen LogP contribution < -0.4 is 4.90 Å². The topological polar surface area (TPSA) is 62.2 Å². The van der Waals surface area contributed by atoms with Gasteiger partial charge in [-0.1, -0.05) is 11.6 Å². The zero-order valence-electron chi connectivity index (χ0n) is 15.1. The summed E-state index contributed by atoms with van der Waals surface area (Å²) in [6.45, 7) is 1.44. The van der Waals surface area contributed by atoms with E-state index >= 15 is 0 Å². The molecule has 1 saturated heterocycles. The molecule has 0 saturated carbocycles. The molecule has 1 fully saturated rings. The van der Waals surface area contributed by atoms with Crippen LogP contribution in [0.5, 0.6) is 0 Å². The normalized spacial score (nSPS) is 21.7. The molecule has 2 aliphatic rings. The zero-order valence-corrected chi connectivity index (χ0v) is 15.8. The standard InChI is InChI=1S/C19H22ClN5O/c1-24(2)18-22-10-13-6-8-19(16(13)23-18)7-3-9-25(12-19)17(26)15-5-4-14(20)11-21-15/h4-5,10-11H,3,6-9,12H2,1-2H3. The summed E-state index contributed by atoms with van der Waals surface area (Å²) in [5.41, 5.74) is 2.72. The number of rotatable bonds is 2. The molecule has 0 bridgehead atoms. The van der Waals surface area contributed by atoms with E-state index in [2.05, 4.69) is 9.97 Å². The lowest BCUT2D eigenvalue weighted by Gasteiger charge is -2.40. The second kappa shape index (κ2) is 6.50. The number of pyridine rings is 1. The number of aromatic nitrogens is 3. The van der Waals surface area contributed by atoms with Gasteiger partial charge in [0.15, 0.2) is 0 Å². The highest BCUT2D eigenvalue weighted by atomic mass is 35.5. The van der Waals surface area contributed by atoms with Gasteiger partial charge < -0.3 is 9.80 Å². The minimum absolute atomic E-state index is 0.0314. The molecule has 3 heterocycles. The lowest BCUT2D eigenvalue weighted by molar-refractivity contribution is 0.0627. The Bertz CT molecular complexity index is 834. The quantitative estimate of drug-likeness (QED) is 0.812. The van der Waals surface area contributed by atoms with Crippen LogP contribution in [-0.4, -0.2) is 52.9 Å². The molecule has 1 aliphatic carbocycles. The molecule has 26 heavy (non-hydrogen) atoms. The van der Waals surface area contributed by atoms with Crippen molar-refractivity contribution in [2.45, 2.75) is 31.1 Å². The minimum Gasteiger partial charge on any atom is -0.347 e. The van der Waals surface area contributed by atoms with Crippen molar-refractivity contribution < 1.29 is 4.79 Å². The first-order valence-electron chi connectivity index (χ1n) is 8.93. The summed E-state index contributed by atoms with van der Waals surface area (Å²) in [6, 6.07) is 3.41. The van der Waals surface area contributed by atoms with Crippen molar-refractivity contribution in [1.29, 1.82) is 0 Å². The van der Waals surface area contributed by atoms with E-state index in [4.69, 9.17) is 16.6 Å². The Morgan fingerprint density at radius 2 is 2.08 bits per heavy atom. The molecular formula is C19H22ClN5O. The molecule has 7 heteroatoms. The Hall–Kier alpha value is -2.21. The maximum absolute atomic E-state index is 12.9. The number of halogens is 1. The van der Waals surface area contributed by atoms with E-state index in [9.17, 15) is 4.79 Å². The molecule has 1 amide bonds. The molecule has 0 N–H and O–H groups in total. The summed E-state index contributed by atoms with van der Waals surface area (Å²) in [6.07, 6.45) is 7.50. The number of nitrogens with zero attached hydrogens (tertiary/aromatic N) is 5. The highest BCUT2D eigenvalue weighted by molar-refractivity contribution is 6.30. The maximum atomic E-state index is 12.9. The third kappa shape index (κ3) is 2.92. The number of piperidine rings is 1. The van der Waals surface area contributed by atoms with Gasteiger partial charge in [-0.2, -0.15) is 0 Å². The molecular weight excluding hydrogens is 350 g/mol. The number of carbonyl (C=O) groups is 1. The lowest BCUT2D eigenvalue weighted by atomic mass is 9.77. The number of aryl methyl sites for hydroxylation is 1. The van der Waals surface area contributed by atoms with Crippen molar-refractivity contribution in [2.75, 3.05) is 32.1 Å². The van der Waals surface area contributed by atoms with Crippen LogP contribution in [-0.2, 0) is 11.8 Å². The van der Waals surface area contributed by atoms with Gasteiger partial charge in [-0.25, -0.2) is 15.0 Å². The van der Waals surface area contributed by atoms with Crippen molar-refractivity contribution in [2.24, 2.45) is 0 Å².